The molecule has 6 nitrogen and oxygen atoms in total. The highest BCUT2D eigenvalue weighted by molar-refractivity contribution is 5.99. The van der Waals surface area contributed by atoms with Gasteiger partial charge in [-0.15, -0.1) is 0 Å². The summed E-state index contributed by atoms with van der Waals surface area (Å²) in [5.41, 5.74) is -0.805. The second-order valence-corrected chi connectivity index (χ2v) is 3.09. The predicted octanol–water partition coefficient (Wildman–Crippen LogP) is 0.891. The van der Waals surface area contributed by atoms with Crippen LogP contribution in [0.1, 0.15) is 26.3 Å². The highest BCUT2D eigenvalue weighted by Crippen LogP contribution is 2.32. The number of hydrogen-bond donors (Lipinski definition) is 3. The van der Waals surface area contributed by atoms with Gasteiger partial charge in [0.1, 0.15) is 22.6 Å². The van der Waals surface area contributed by atoms with Crippen molar-refractivity contribution in [3.8, 4) is 11.5 Å². The molecule has 0 amide bonds. The molecular weight excluding hydrogens is 216 g/mol. The fourth-order valence-electron chi connectivity index (χ4n) is 1.33. The number of ether oxygens (including phenoxy) is 1. The molecule has 0 fully saturated rings. The number of aromatic carboxylic acids is 1. The van der Waals surface area contributed by atoms with E-state index in [9.17, 15) is 19.8 Å². The summed E-state index contributed by atoms with van der Waals surface area (Å²) in [6.07, 6.45) is 0. The lowest BCUT2D eigenvalue weighted by Crippen LogP contribution is -2.07. The Morgan fingerprint density at radius 3 is 2.31 bits per heavy atom. The Morgan fingerprint density at radius 1 is 1.31 bits per heavy atom. The number of carboxylic acids is 1. The van der Waals surface area contributed by atoms with E-state index in [1.807, 2.05) is 0 Å². The van der Waals surface area contributed by atoms with Crippen LogP contribution in [-0.2, 0) is 4.74 Å². The maximum Gasteiger partial charge on any atom is 0.341 e. The zero-order chi connectivity index (χ0) is 12.5. The summed E-state index contributed by atoms with van der Waals surface area (Å²) >= 11 is 0. The number of carbonyl (C=O) groups is 2. The molecule has 0 unspecified atom stereocenters. The molecule has 86 valence electrons. The van der Waals surface area contributed by atoms with Gasteiger partial charge in [-0.2, -0.15) is 0 Å². The van der Waals surface area contributed by atoms with Gasteiger partial charge in [0.15, 0.2) is 0 Å². The van der Waals surface area contributed by atoms with Gasteiger partial charge in [0.05, 0.1) is 7.11 Å². The van der Waals surface area contributed by atoms with Gasteiger partial charge in [-0.25, -0.2) is 9.59 Å². The molecule has 0 spiro atoms. The molecule has 0 atom stereocenters. The Bertz CT molecular complexity index is 463. The highest BCUT2D eigenvalue weighted by atomic mass is 16.5. The van der Waals surface area contributed by atoms with Gasteiger partial charge < -0.3 is 20.1 Å². The van der Waals surface area contributed by atoms with Crippen LogP contribution in [-0.4, -0.2) is 34.4 Å². The number of hydrogen-bond acceptors (Lipinski definition) is 5. The number of esters is 1. The summed E-state index contributed by atoms with van der Waals surface area (Å²) < 4.78 is 4.37. The van der Waals surface area contributed by atoms with Crippen molar-refractivity contribution >= 4 is 11.9 Å². The lowest BCUT2D eigenvalue weighted by molar-refractivity contribution is 0.0593. The third-order valence-corrected chi connectivity index (χ3v) is 2.14. The maximum absolute atomic E-state index is 11.2. The molecule has 0 aliphatic heterocycles. The average Bonchev–Trinajstić information content (AvgIpc) is 2.22. The molecule has 3 N–H and O–H groups in total. The number of methoxy groups -OCH3 is 1. The largest absolute Gasteiger partial charge is 0.507 e. The number of phenolic OH excluding ortho intramolecular Hbond substituents is 1. The number of benzene rings is 1. The van der Waals surface area contributed by atoms with Crippen LogP contribution in [0.2, 0.25) is 0 Å². The smallest absolute Gasteiger partial charge is 0.341 e. The first-order valence-electron chi connectivity index (χ1n) is 4.27. The first-order chi connectivity index (χ1) is 7.40. The molecule has 0 aliphatic rings. The topological polar surface area (TPSA) is 104 Å². The third kappa shape index (κ3) is 1.77. The van der Waals surface area contributed by atoms with Gasteiger partial charge in [-0.3, -0.25) is 0 Å². The van der Waals surface area contributed by atoms with Crippen LogP contribution in [0.5, 0.6) is 11.5 Å². The zero-order valence-electron chi connectivity index (χ0n) is 8.64. The van der Waals surface area contributed by atoms with Gasteiger partial charge in [0.2, 0.25) is 0 Å². The summed E-state index contributed by atoms with van der Waals surface area (Å²) in [5, 5.41) is 27.8. The molecule has 1 aromatic rings. The Balaban J connectivity index is 3.51. The van der Waals surface area contributed by atoms with Crippen LogP contribution in [0.25, 0.3) is 0 Å². The molecule has 0 bridgehead atoms. The highest BCUT2D eigenvalue weighted by Gasteiger charge is 2.22. The van der Waals surface area contributed by atoms with Gasteiger partial charge in [0.25, 0.3) is 0 Å². The Kier molecular flexibility index (Phi) is 3.03. The molecule has 6 heteroatoms. The second-order valence-electron chi connectivity index (χ2n) is 3.09. The Labute approximate surface area is 90.7 Å². The molecule has 1 rings (SSSR count). The van der Waals surface area contributed by atoms with Crippen LogP contribution >= 0.6 is 0 Å². The molecule has 0 aromatic heterocycles. The number of phenols is 2. The molecule has 0 saturated carbocycles. The lowest BCUT2D eigenvalue weighted by atomic mass is 10.0. The van der Waals surface area contributed by atoms with E-state index in [-0.39, 0.29) is 11.1 Å². The first-order valence-corrected chi connectivity index (χ1v) is 4.27. The van der Waals surface area contributed by atoms with Crippen molar-refractivity contribution in [3.63, 3.8) is 0 Å². The Morgan fingerprint density at radius 2 is 1.88 bits per heavy atom. The molecule has 0 radical (unpaired) electrons. The van der Waals surface area contributed by atoms with Gasteiger partial charge in [-0.1, -0.05) is 0 Å². The fraction of sp³-hybridized carbons (Fsp3) is 0.200. The average molecular weight is 226 g/mol. The molecule has 0 heterocycles. The van der Waals surface area contributed by atoms with E-state index in [4.69, 9.17) is 5.11 Å². The van der Waals surface area contributed by atoms with Crippen LogP contribution in [0.3, 0.4) is 0 Å². The SMILES string of the molecule is COC(=O)c1cc(O)c(C(=O)O)c(C)c1O. The molecule has 16 heavy (non-hydrogen) atoms. The van der Waals surface area contributed by atoms with Gasteiger partial charge >= 0.3 is 11.9 Å². The monoisotopic (exact) mass is 226 g/mol. The van der Waals surface area contributed by atoms with Crippen LogP contribution in [0.4, 0.5) is 0 Å². The normalized spacial score (nSPS) is 9.88. The van der Waals surface area contributed by atoms with Crippen molar-refractivity contribution < 1.29 is 29.6 Å². The van der Waals surface area contributed by atoms with Crippen molar-refractivity contribution in [2.75, 3.05) is 7.11 Å². The Hall–Kier alpha value is -2.24. The van der Waals surface area contributed by atoms with E-state index in [1.165, 1.54) is 6.92 Å². The minimum atomic E-state index is -1.39. The predicted molar refractivity (Wildman–Crippen MR) is 52.8 cm³/mol. The summed E-state index contributed by atoms with van der Waals surface area (Å²) in [6, 6.07) is 0.859. The zero-order valence-corrected chi connectivity index (χ0v) is 8.64. The summed E-state index contributed by atoms with van der Waals surface area (Å²) in [6.45, 7) is 1.28. The van der Waals surface area contributed by atoms with Crippen molar-refractivity contribution in [1.29, 1.82) is 0 Å². The summed E-state index contributed by atoms with van der Waals surface area (Å²) in [5.74, 6) is -3.35. The quantitative estimate of drug-likeness (QED) is 0.511. The molecule has 0 saturated heterocycles. The number of rotatable bonds is 2. The van der Waals surface area contributed by atoms with E-state index < -0.39 is 29.0 Å². The minimum Gasteiger partial charge on any atom is -0.507 e. The van der Waals surface area contributed by atoms with Crippen LogP contribution in [0.15, 0.2) is 6.07 Å². The van der Waals surface area contributed by atoms with Crippen molar-refractivity contribution in [2.24, 2.45) is 0 Å². The summed E-state index contributed by atoms with van der Waals surface area (Å²) in [7, 11) is 1.11. The maximum atomic E-state index is 11.2. The molecule has 1 aromatic carbocycles. The van der Waals surface area contributed by atoms with Crippen molar-refractivity contribution in [2.45, 2.75) is 6.92 Å². The van der Waals surface area contributed by atoms with E-state index in [1.54, 1.807) is 0 Å². The van der Waals surface area contributed by atoms with E-state index in [0.717, 1.165) is 13.2 Å². The molecule has 0 aliphatic carbocycles. The third-order valence-electron chi connectivity index (χ3n) is 2.14. The number of carbonyl (C=O) groups excluding carboxylic acids is 1. The molecular formula is C10H10O6. The first kappa shape index (κ1) is 11.8. The fourth-order valence-corrected chi connectivity index (χ4v) is 1.33. The minimum absolute atomic E-state index is 0.0899. The van der Waals surface area contributed by atoms with Crippen LogP contribution < -0.4 is 0 Å². The lowest BCUT2D eigenvalue weighted by Gasteiger charge is -2.10. The standard InChI is InChI=1S/C10H10O6/c1-4-7(9(13)14)6(11)3-5(8(4)12)10(15)16-2/h3,11-12H,1-2H3,(H,13,14). The van der Waals surface area contributed by atoms with Crippen LogP contribution in [0, 0.1) is 6.92 Å². The van der Waals surface area contributed by atoms with Crippen molar-refractivity contribution in [1.82, 2.24) is 0 Å². The van der Waals surface area contributed by atoms with Gasteiger partial charge in [-0.05, 0) is 13.0 Å². The van der Waals surface area contributed by atoms with E-state index >= 15 is 0 Å². The van der Waals surface area contributed by atoms with E-state index in [0.29, 0.717) is 0 Å². The second kappa shape index (κ2) is 4.09. The van der Waals surface area contributed by atoms with E-state index in [2.05, 4.69) is 4.74 Å². The number of carboxylic acid groups (broad SMARTS) is 1. The summed E-state index contributed by atoms with van der Waals surface area (Å²) in [4.78, 5) is 21.9. The number of aromatic hydroxyl groups is 2. The van der Waals surface area contributed by atoms with Crippen molar-refractivity contribution in [3.05, 3.63) is 22.8 Å². The van der Waals surface area contributed by atoms with Gasteiger partial charge in [0, 0.05) is 5.56 Å².